The van der Waals surface area contributed by atoms with Crippen molar-refractivity contribution >= 4 is 21.6 Å². The first kappa shape index (κ1) is 24.9. The van der Waals surface area contributed by atoms with Crippen LogP contribution in [0.1, 0.15) is 5.56 Å². The van der Waals surface area contributed by atoms with Crippen molar-refractivity contribution in [2.45, 2.75) is 11.8 Å². The van der Waals surface area contributed by atoms with E-state index in [-0.39, 0.29) is 29.5 Å². The van der Waals surface area contributed by atoms with Crippen LogP contribution in [0, 0.1) is 6.92 Å². The van der Waals surface area contributed by atoms with Gasteiger partial charge >= 0.3 is 0 Å². The highest BCUT2D eigenvalue weighted by Crippen LogP contribution is 2.35. The zero-order chi connectivity index (χ0) is 24.6. The van der Waals surface area contributed by atoms with Crippen LogP contribution in [0.4, 0.5) is 5.69 Å². The second-order valence-electron chi connectivity index (χ2n) is 7.33. The molecule has 0 spiro atoms. The lowest BCUT2D eigenvalue weighted by molar-refractivity contribution is -0.119. The fourth-order valence-corrected chi connectivity index (χ4v) is 4.71. The third-order valence-corrected chi connectivity index (χ3v) is 6.82. The van der Waals surface area contributed by atoms with Crippen LogP contribution in [0.25, 0.3) is 0 Å². The van der Waals surface area contributed by atoms with E-state index in [1.54, 1.807) is 30.3 Å². The number of carbonyl (C=O) groups is 1. The summed E-state index contributed by atoms with van der Waals surface area (Å²) in [6.45, 7) is 1.93. The standard InChI is InChI=1S/C25H28N2O6S/c1-19-9-7-8-12-23(19)33-16-15-26-25(28)18-27(34(29,30)21-10-5-4-6-11-21)22-17-20(31-2)13-14-24(22)32-3/h4-14,17H,15-16,18H2,1-3H3,(H,26,28). The Labute approximate surface area is 200 Å². The van der Waals surface area contributed by atoms with Crippen molar-refractivity contribution in [3.63, 3.8) is 0 Å². The maximum Gasteiger partial charge on any atom is 0.264 e. The molecule has 34 heavy (non-hydrogen) atoms. The molecule has 180 valence electrons. The van der Waals surface area contributed by atoms with Gasteiger partial charge in [-0.15, -0.1) is 0 Å². The Bertz CT molecular complexity index is 1220. The molecular formula is C25H28N2O6S. The largest absolute Gasteiger partial charge is 0.497 e. The minimum absolute atomic E-state index is 0.0514. The summed E-state index contributed by atoms with van der Waals surface area (Å²) in [6, 6.07) is 20.2. The van der Waals surface area contributed by atoms with Gasteiger partial charge in [0.25, 0.3) is 10.0 Å². The molecular weight excluding hydrogens is 456 g/mol. The number of anilines is 1. The van der Waals surface area contributed by atoms with Gasteiger partial charge in [-0.2, -0.15) is 0 Å². The fourth-order valence-electron chi connectivity index (χ4n) is 3.27. The molecule has 0 aliphatic heterocycles. The van der Waals surface area contributed by atoms with Gasteiger partial charge < -0.3 is 19.5 Å². The number of sulfonamides is 1. The van der Waals surface area contributed by atoms with Gasteiger partial charge in [0.1, 0.15) is 30.4 Å². The number of amides is 1. The Hall–Kier alpha value is -3.72. The average Bonchev–Trinajstić information content (AvgIpc) is 2.86. The van der Waals surface area contributed by atoms with E-state index in [4.69, 9.17) is 14.2 Å². The van der Waals surface area contributed by atoms with Gasteiger partial charge in [-0.05, 0) is 42.8 Å². The molecule has 0 aliphatic carbocycles. The summed E-state index contributed by atoms with van der Waals surface area (Å²) < 4.78 is 44.4. The zero-order valence-electron chi connectivity index (χ0n) is 19.4. The Kier molecular flexibility index (Phi) is 8.37. The van der Waals surface area contributed by atoms with Crippen molar-refractivity contribution in [1.82, 2.24) is 5.32 Å². The first-order valence-electron chi connectivity index (χ1n) is 10.6. The second kappa shape index (κ2) is 11.4. The number of nitrogens with one attached hydrogen (secondary N) is 1. The summed E-state index contributed by atoms with van der Waals surface area (Å²) >= 11 is 0. The molecule has 3 rings (SSSR count). The van der Waals surface area contributed by atoms with Crippen molar-refractivity contribution in [3.8, 4) is 17.2 Å². The van der Waals surface area contributed by atoms with E-state index in [1.165, 1.54) is 32.4 Å². The van der Waals surface area contributed by atoms with E-state index in [1.807, 2.05) is 31.2 Å². The molecule has 0 heterocycles. The van der Waals surface area contributed by atoms with Crippen LogP contribution in [0.5, 0.6) is 17.2 Å². The van der Waals surface area contributed by atoms with Crippen molar-refractivity contribution in [1.29, 1.82) is 0 Å². The van der Waals surface area contributed by atoms with Crippen LogP contribution in [-0.2, 0) is 14.8 Å². The smallest absolute Gasteiger partial charge is 0.264 e. The predicted octanol–water partition coefficient (Wildman–Crippen LogP) is 3.40. The van der Waals surface area contributed by atoms with Crippen molar-refractivity contribution in [2.75, 3.05) is 38.2 Å². The van der Waals surface area contributed by atoms with Gasteiger partial charge in [-0.3, -0.25) is 9.10 Å². The summed E-state index contributed by atoms with van der Waals surface area (Å²) in [7, 11) is -1.17. The molecule has 3 aromatic carbocycles. The fraction of sp³-hybridized carbons (Fsp3) is 0.240. The minimum Gasteiger partial charge on any atom is -0.497 e. The molecule has 0 fully saturated rings. The number of methoxy groups -OCH3 is 2. The Morgan fingerprint density at radius 2 is 1.62 bits per heavy atom. The van der Waals surface area contributed by atoms with E-state index in [0.29, 0.717) is 5.75 Å². The van der Waals surface area contributed by atoms with Crippen molar-refractivity contribution < 1.29 is 27.4 Å². The number of hydrogen-bond acceptors (Lipinski definition) is 6. The van der Waals surface area contributed by atoms with E-state index in [9.17, 15) is 13.2 Å². The molecule has 8 nitrogen and oxygen atoms in total. The number of rotatable bonds is 11. The highest BCUT2D eigenvalue weighted by Gasteiger charge is 2.29. The maximum atomic E-state index is 13.5. The molecule has 1 N–H and O–H groups in total. The topological polar surface area (TPSA) is 94.2 Å². The normalized spacial score (nSPS) is 10.9. The summed E-state index contributed by atoms with van der Waals surface area (Å²) in [6.07, 6.45) is 0. The Morgan fingerprint density at radius 1 is 0.912 bits per heavy atom. The predicted molar refractivity (Wildman–Crippen MR) is 130 cm³/mol. The van der Waals surface area contributed by atoms with Crippen molar-refractivity contribution in [2.24, 2.45) is 0 Å². The van der Waals surface area contributed by atoms with Gasteiger partial charge in [0, 0.05) is 6.07 Å². The van der Waals surface area contributed by atoms with Crippen LogP contribution in [0.3, 0.4) is 0 Å². The number of nitrogens with zero attached hydrogens (tertiary/aromatic N) is 1. The average molecular weight is 485 g/mol. The highest BCUT2D eigenvalue weighted by molar-refractivity contribution is 7.92. The summed E-state index contributed by atoms with van der Waals surface area (Å²) in [5.74, 6) is 0.955. The van der Waals surface area contributed by atoms with Crippen LogP contribution in [0.15, 0.2) is 77.7 Å². The Balaban J connectivity index is 1.81. The quantitative estimate of drug-likeness (QED) is 0.419. The van der Waals surface area contributed by atoms with Gasteiger partial charge in [0.2, 0.25) is 5.91 Å². The molecule has 1 amide bonds. The molecule has 0 unspecified atom stereocenters. The third kappa shape index (κ3) is 5.99. The van der Waals surface area contributed by atoms with Gasteiger partial charge in [0.05, 0.1) is 31.3 Å². The molecule has 0 bridgehead atoms. The van der Waals surface area contributed by atoms with Gasteiger partial charge in [-0.25, -0.2) is 8.42 Å². The van der Waals surface area contributed by atoms with Crippen LogP contribution in [-0.4, -0.2) is 48.2 Å². The molecule has 9 heteroatoms. The molecule has 3 aromatic rings. The first-order valence-corrected chi connectivity index (χ1v) is 12.1. The molecule has 0 radical (unpaired) electrons. The van der Waals surface area contributed by atoms with Gasteiger partial charge in [0.15, 0.2) is 0 Å². The van der Waals surface area contributed by atoms with E-state index in [2.05, 4.69) is 5.32 Å². The summed E-state index contributed by atoms with van der Waals surface area (Å²) in [5, 5.41) is 2.72. The Morgan fingerprint density at radius 3 is 2.29 bits per heavy atom. The van der Waals surface area contributed by atoms with Gasteiger partial charge in [-0.1, -0.05) is 36.4 Å². The number of aryl methyl sites for hydroxylation is 1. The lowest BCUT2D eigenvalue weighted by atomic mass is 10.2. The van der Waals surface area contributed by atoms with Crippen molar-refractivity contribution in [3.05, 3.63) is 78.4 Å². The number of benzene rings is 3. The number of carbonyl (C=O) groups excluding carboxylic acids is 1. The van der Waals surface area contributed by atoms with Crippen LogP contribution in [0.2, 0.25) is 0 Å². The highest BCUT2D eigenvalue weighted by atomic mass is 32.2. The van der Waals surface area contributed by atoms with E-state index in [0.717, 1.165) is 15.6 Å². The minimum atomic E-state index is -4.08. The molecule has 0 aromatic heterocycles. The first-order chi connectivity index (χ1) is 16.4. The maximum absolute atomic E-state index is 13.5. The van der Waals surface area contributed by atoms with Crippen LogP contribution < -0.4 is 23.8 Å². The number of para-hydroxylation sites is 1. The summed E-state index contributed by atoms with van der Waals surface area (Å²) in [5.41, 5.74) is 1.18. The molecule has 0 saturated carbocycles. The lowest BCUT2D eigenvalue weighted by Crippen LogP contribution is -2.42. The molecule has 0 atom stereocenters. The number of hydrogen-bond donors (Lipinski definition) is 1. The van der Waals surface area contributed by atoms with Crippen LogP contribution >= 0.6 is 0 Å². The van der Waals surface area contributed by atoms with E-state index >= 15 is 0 Å². The zero-order valence-corrected chi connectivity index (χ0v) is 20.2. The second-order valence-corrected chi connectivity index (χ2v) is 9.19. The molecule has 0 aliphatic rings. The summed E-state index contributed by atoms with van der Waals surface area (Å²) in [4.78, 5) is 12.8. The van der Waals surface area contributed by atoms with E-state index < -0.39 is 22.5 Å². The molecule has 0 saturated heterocycles. The third-order valence-electron chi connectivity index (χ3n) is 5.05. The lowest BCUT2D eigenvalue weighted by Gasteiger charge is -2.26. The number of ether oxygens (including phenoxy) is 3. The SMILES string of the molecule is COc1ccc(OC)c(N(CC(=O)NCCOc2ccccc2C)S(=O)(=O)c2ccccc2)c1. The monoisotopic (exact) mass is 484 g/mol.